The number of rotatable bonds is 3. The average molecular weight is 262 g/mol. The van der Waals surface area contributed by atoms with E-state index >= 15 is 0 Å². The van der Waals surface area contributed by atoms with E-state index < -0.39 is 0 Å². The van der Waals surface area contributed by atoms with Crippen LogP contribution in [0.25, 0.3) is 0 Å². The van der Waals surface area contributed by atoms with Gasteiger partial charge in [0.15, 0.2) is 6.61 Å². The van der Waals surface area contributed by atoms with Crippen LogP contribution < -0.4 is 20.7 Å². The minimum absolute atomic E-state index is 0.0978. The van der Waals surface area contributed by atoms with E-state index in [0.717, 1.165) is 50.0 Å². The van der Waals surface area contributed by atoms with Crippen molar-refractivity contribution < 1.29 is 9.53 Å². The molecule has 19 heavy (non-hydrogen) atoms. The predicted molar refractivity (Wildman–Crippen MR) is 73.5 cm³/mol. The molecule has 0 aliphatic carbocycles. The molecule has 0 atom stereocenters. The number of carbonyl (C=O) groups is 1. The smallest absolute Gasteiger partial charge is 0.262 e. The number of piperazine rings is 1. The lowest BCUT2D eigenvalue weighted by Crippen LogP contribution is -2.45. The molecule has 3 rings (SSSR count). The third-order valence-corrected chi connectivity index (χ3v) is 3.33. The SMILES string of the molecule is O=C1COc2ccc(NCN3CCNCC3)cc2N1. The van der Waals surface area contributed by atoms with Gasteiger partial charge in [-0.2, -0.15) is 0 Å². The molecular formula is C13H18N4O2. The fourth-order valence-electron chi connectivity index (χ4n) is 2.27. The summed E-state index contributed by atoms with van der Waals surface area (Å²) >= 11 is 0. The predicted octanol–water partition coefficient (Wildman–Crippen LogP) is 0.292. The molecule has 1 fully saturated rings. The molecule has 2 aliphatic heterocycles. The van der Waals surface area contributed by atoms with Crippen molar-refractivity contribution in [2.45, 2.75) is 0 Å². The number of anilines is 2. The van der Waals surface area contributed by atoms with E-state index in [1.165, 1.54) is 0 Å². The zero-order valence-corrected chi connectivity index (χ0v) is 10.7. The molecule has 0 aromatic heterocycles. The first-order valence-electron chi connectivity index (χ1n) is 6.55. The van der Waals surface area contributed by atoms with E-state index in [9.17, 15) is 4.79 Å². The summed E-state index contributed by atoms with van der Waals surface area (Å²) in [4.78, 5) is 13.6. The number of nitrogens with one attached hydrogen (secondary N) is 3. The van der Waals surface area contributed by atoms with Crippen LogP contribution in [0.15, 0.2) is 18.2 Å². The highest BCUT2D eigenvalue weighted by Crippen LogP contribution is 2.30. The zero-order valence-electron chi connectivity index (χ0n) is 10.7. The van der Waals surface area contributed by atoms with Crippen LogP contribution in [0.5, 0.6) is 5.75 Å². The second-order valence-electron chi connectivity index (χ2n) is 4.75. The van der Waals surface area contributed by atoms with Crippen LogP contribution in [-0.4, -0.2) is 50.3 Å². The highest BCUT2D eigenvalue weighted by Gasteiger charge is 2.16. The van der Waals surface area contributed by atoms with Crippen LogP contribution in [0.3, 0.4) is 0 Å². The molecule has 2 heterocycles. The van der Waals surface area contributed by atoms with Crippen molar-refractivity contribution in [3.05, 3.63) is 18.2 Å². The number of fused-ring (bicyclic) bond motifs is 1. The standard InChI is InChI=1S/C13H18N4O2/c18-13-8-19-12-2-1-10(7-11(12)16-13)15-9-17-5-3-14-4-6-17/h1-2,7,14-15H,3-6,8-9H2,(H,16,18). The van der Waals surface area contributed by atoms with Crippen LogP contribution >= 0.6 is 0 Å². The van der Waals surface area contributed by atoms with Crippen LogP contribution in [0.2, 0.25) is 0 Å². The summed E-state index contributed by atoms with van der Waals surface area (Å²) in [7, 11) is 0. The molecule has 0 spiro atoms. The first kappa shape index (κ1) is 12.3. The molecule has 0 radical (unpaired) electrons. The van der Waals surface area contributed by atoms with E-state index in [2.05, 4.69) is 20.9 Å². The lowest BCUT2D eigenvalue weighted by molar-refractivity contribution is -0.118. The van der Waals surface area contributed by atoms with E-state index in [4.69, 9.17) is 4.74 Å². The third-order valence-electron chi connectivity index (χ3n) is 3.33. The number of carbonyl (C=O) groups excluding carboxylic acids is 1. The van der Waals surface area contributed by atoms with Gasteiger partial charge in [-0.3, -0.25) is 9.69 Å². The normalized spacial score (nSPS) is 19.3. The Bertz CT molecular complexity index is 472. The molecule has 102 valence electrons. The molecule has 1 amide bonds. The number of amides is 1. The Hall–Kier alpha value is -1.79. The highest BCUT2D eigenvalue weighted by molar-refractivity contribution is 5.95. The molecule has 6 heteroatoms. The van der Waals surface area contributed by atoms with Crippen LogP contribution in [0, 0.1) is 0 Å². The van der Waals surface area contributed by atoms with Gasteiger partial charge in [0.2, 0.25) is 0 Å². The average Bonchev–Trinajstić information content (AvgIpc) is 2.46. The van der Waals surface area contributed by atoms with Gasteiger partial charge in [0.1, 0.15) is 5.75 Å². The minimum Gasteiger partial charge on any atom is -0.482 e. The summed E-state index contributed by atoms with van der Waals surface area (Å²) in [5.74, 6) is 0.624. The van der Waals surface area contributed by atoms with E-state index in [1.807, 2.05) is 18.2 Å². The largest absolute Gasteiger partial charge is 0.482 e. The maximum absolute atomic E-state index is 11.3. The lowest BCUT2D eigenvalue weighted by atomic mass is 10.2. The van der Waals surface area contributed by atoms with Gasteiger partial charge in [0.25, 0.3) is 5.91 Å². The number of ether oxygens (including phenoxy) is 1. The van der Waals surface area contributed by atoms with E-state index in [0.29, 0.717) is 0 Å². The molecule has 1 saturated heterocycles. The zero-order chi connectivity index (χ0) is 13.1. The van der Waals surface area contributed by atoms with Crippen LogP contribution in [0.1, 0.15) is 0 Å². The van der Waals surface area contributed by atoms with Crippen LogP contribution in [-0.2, 0) is 4.79 Å². The fraction of sp³-hybridized carbons (Fsp3) is 0.462. The van der Waals surface area contributed by atoms with Gasteiger partial charge in [-0.1, -0.05) is 0 Å². The van der Waals surface area contributed by atoms with Crippen molar-refractivity contribution in [3.63, 3.8) is 0 Å². The molecule has 6 nitrogen and oxygen atoms in total. The molecule has 0 bridgehead atoms. The molecule has 1 aromatic rings. The summed E-state index contributed by atoms with van der Waals surface area (Å²) in [6.45, 7) is 5.09. The van der Waals surface area contributed by atoms with Gasteiger partial charge < -0.3 is 20.7 Å². The second kappa shape index (κ2) is 5.46. The molecule has 0 unspecified atom stereocenters. The van der Waals surface area contributed by atoms with Crippen molar-refractivity contribution in [1.29, 1.82) is 0 Å². The Morgan fingerprint density at radius 1 is 1.32 bits per heavy atom. The van der Waals surface area contributed by atoms with E-state index in [-0.39, 0.29) is 12.5 Å². The molecule has 0 saturated carbocycles. The minimum atomic E-state index is -0.105. The monoisotopic (exact) mass is 262 g/mol. The first-order chi connectivity index (χ1) is 9.31. The van der Waals surface area contributed by atoms with Crippen molar-refractivity contribution in [1.82, 2.24) is 10.2 Å². The van der Waals surface area contributed by atoms with Crippen molar-refractivity contribution >= 4 is 17.3 Å². The second-order valence-corrected chi connectivity index (χ2v) is 4.75. The molecule has 1 aromatic carbocycles. The van der Waals surface area contributed by atoms with E-state index in [1.54, 1.807) is 0 Å². The topological polar surface area (TPSA) is 65.6 Å². The van der Waals surface area contributed by atoms with Crippen LogP contribution in [0.4, 0.5) is 11.4 Å². The van der Waals surface area contributed by atoms with Crippen molar-refractivity contribution in [2.75, 3.05) is 50.1 Å². The van der Waals surface area contributed by atoms with Crippen molar-refractivity contribution in [3.8, 4) is 5.75 Å². The maximum atomic E-state index is 11.3. The number of hydrogen-bond acceptors (Lipinski definition) is 5. The Kier molecular flexibility index (Phi) is 3.52. The fourth-order valence-corrected chi connectivity index (χ4v) is 2.27. The Morgan fingerprint density at radius 3 is 3.00 bits per heavy atom. The summed E-state index contributed by atoms with van der Waals surface area (Å²) in [5, 5.41) is 9.51. The summed E-state index contributed by atoms with van der Waals surface area (Å²) in [6.07, 6.45) is 0. The Balaban J connectivity index is 1.61. The quantitative estimate of drug-likeness (QED) is 0.731. The highest BCUT2D eigenvalue weighted by atomic mass is 16.5. The van der Waals surface area contributed by atoms with Gasteiger partial charge in [-0.15, -0.1) is 0 Å². The van der Waals surface area contributed by atoms with Crippen molar-refractivity contribution in [2.24, 2.45) is 0 Å². The van der Waals surface area contributed by atoms with Gasteiger partial charge in [0.05, 0.1) is 12.4 Å². The maximum Gasteiger partial charge on any atom is 0.262 e. The Labute approximate surface area is 112 Å². The first-order valence-corrected chi connectivity index (χ1v) is 6.55. The lowest BCUT2D eigenvalue weighted by Gasteiger charge is -2.28. The molecular weight excluding hydrogens is 244 g/mol. The third kappa shape index (κ3) is 2.97. The number of benzene rings is 1. The van der Waals surface area contributed by atoms with Gasteiger partial charge in [0, 0.05) is 31.9 Å². The summed E-state index contributed by atoms with van der Waals surface area (Å²) in [6, 6.07) is 5.77. The number of hydrogen-bond donors (Lipinski definition) is 3. The number of nitrogens with zero attached hydrogens (tertiary/aromatic N) is 1. The summed E-state index contributed by atoms with van der Waals surface area (Å²) in [5.41, 5.74) is 1.73. The Morgan fingerprint density at radius 2 is 2.16 bits per heavy atom. The molecule has 2 aliphatic rings. The van der Waals surface area contributed by atoms with Gasteiger partial charge in [-0.25, -0.2) is 0 Å². The molecule has 3 N–H and O–H groups in total. The van der Waals surface area contributed by atoms with Gasteiger partial charge >= 0.3 is 0 Å². The van der Waals surface area contributed by atoms with Gasteiger partial charge in [-0.05, 0) is 18.2 Å². The summed E-state index contributed by atoms with van der Waals surface area (Å²) < 4.78 is 5.33.